The third-order valence-corrected chi connectivity index (χ3v) is 4.62. The Hall–Kier alpha value is -1.85. The molecule has 1 N–H and O–H groups in total. The second-order valence-electron chi connectivity index (χ2n) is 6.17. The van der Waals surface area contributed by atoms with E-state index in [1.165, 1.54) is 23.1 Å². The molecule has 5 heteroatoms. The van der Waals surface area contributed by atoms with Crippen molar-refractivity contribution in [1.29, 1.82) is 0 Å². The molecule has 0 saturated carbocycles. The van der Waals surface area contributed by atoms with Gasteiger partial charge in [-0.05, 0) is 36.6 Å². The van der Waals surface area contributed by atoms with Crippen molar-refractivity contribution >= 4 is 16.6 Å². The lowest BCUT2D eigenvalue weighted by Gasteiger charge is -2.26. The first kappa shape index (κ1) is 14.7. The summed E-state index contributed by atoms with van der Waals surface area (Å²) in [6.45, 7) is 6.37. The maximum Gasteiger partial charge on any atom is 0.120 e. The quantitative estimate of drug-likeness (QED) is 0.938. The fourth-order valence-electron chi connectivity index (χ4n) is 3.31. The van der Waals surface area contributed by atoms with Gasteiger partial charge in [-0.25, -0.2) is 0 Å². The predicted molar refractivity (Wildman–Crippen MR) is 91.3 cm³/mol. The van der Waals surface area contributed by atoms with Gasteiger partial charge in [-0.1, -0.05) is 0 Å². The van der Waals surface area contributed by atoms with Crippen LogP contribution in [0.1, 0.15) is 12.0 Å². The van der Waals surface area contributed by atoms with Crippen LogP contribution < -0.4 is 10.1 Å². The van der Waals surface area contributed by atoms with Crippen LogP contribution in [0.3, 0.4) is 0 Å². The highest BCUT2D eigenvalue weighted by atomic mass is 16.5. The van der Waals surface area contributed by atoms with Crippen LogP contribution in [-0.2, 0) is 11.2 Å². The van der Waals surface area contributed by atoms with Crippen molar-refractivity contribution in [3.63, 3.8) is 0 Å². The van der Waals surface area contributed by atoms with E-state index in [1.54, 1.807) is 0 Å². The van der Waals surface area contributed by atoms with Crippen LogP contribution >= 0.6 is 0 Å². The van der Waals surface area contributed by atoms with Gasteiger partial charge in [-0.15, -0.1) is 0 Å². The summed E-state index contributed by atoms with van der Waals surface area (Å²) in [6, 6.07) is 6.19. The number of rotatable bonds is 4. The van der Waals surface area contributed by atoms with Gasteiger partial charge < -0.3 is 14.8 Å². The third kappa shape index (κ3) is 3.26. The molecule has 0 atom stereocenters. The standard InChI is InChI=1S/C18H23N3O2/c1-2-14-13-20-17-4-3-15(12-16(17)18(14)19-5-1)23-11-8-21-6-9-22-10-7-21/h3-4,12-13,19H,1-2,5-11H2. The molecule has 0 bridgehead atoms. The number of nitrogens with zero attached hydrogens (tertiary/aromatic N) is 2. The lowest BCUT2D eigenvalue weighted by Crippen LogP contribution is -2.38. The van der Waals surface area contributed by atoms with Gasteiger partial charge in [0.15, 0.2) is 0 Å². The highest BCUT2D eigenvalue weighted by Gasteiger charge is 2.14. The van der Waals surface area contributed by atoms with E-state index in [0.717, 1.165) is 57.1 Å². The van der Waals surface area contributed by atoms with Crippen molar-refractivity contribution in [2.24, 2.45) is 0 Å². The average Bonchev–Trinajstić information content (AvgIpc) is 2.62. The molecule has 1 aromatic carbocycles. The van der Waals surface area contributed by atoms with Gasteiger partial charge in [0, 0.05) is 43.4 Å². The molecule has 2 aromatic rings. The van der Waals surface area contributed by atoms with Crippen LogP contribution in [0.25, 0.3) is 10.9 Å². The number of ether oxygens (including phenoxy) is 2. The molecule has 4 rings (SSSR count). The highest BCUT2D eigenvalue weighted by molar-refractivity contribution is 5.94. The molecule has 0 spiro atoms. The number of nitrogens with one attached hydrogen (secondary N) is 1. The molecule has 2 aliphatic heterocycles. The Morgan fingerprint density at radius 1 is 1.26 bits per heavy atom. The summed E-state index contributed by atoms with van der Waals surface area (Å²) in [5, 5.41) is 4.70. The van der Waals surface area contributed by atoms with E-state index >= 15 is 0 Å². The summed E-state index contributed by atoms with van der Waals surface area (Å²) in [6.07, 6.45) is 4.28. The normalized spacial score (nSPS) is 18.4. The number of anilines is 1. The van der Waals surface area contributed by atoms with Gasteiger partial charge >= 0.3 is 0 Å². The Morgan fingerprint density at radius 3 is 3.09 bits per heavy atom. The van der Waals surface area contributed by atoms with Gasteiger partial charge in [0.2, 0.25) is 0 Å². The lowest BCUT2D eigenvalue weighted by molar-refractivity contribution is 0.0322. The van der Waals surface area contributed by atoms with E-state index in [2.05, 4.69) is 27.3 Å². The summed E-state index contributed by atoms with van der Waals surface area (Å²) in [5.41, 5.74) is 3.58. The zero-order valence-electron chi connectivity index (χ0n) is 13.4. The van der Waals surface area contributed by atoms with Gasteiger partial charge in [0.25, 0.3) is 0 Å². The molecular weight excluding hydrogens is 290 g/mol. The van der Waals surface area contributed by atoms with Crippen LogP contribution in [0, 0.1) is 0 Å². The zero-order chi connectivity index (χ0) is 15.5. The Balaban J connectivity index is 1.47. The van der Waals surface area contributed by atoms with Gasteiger partial charge in [-0.3, -0.25) is 9.88 Å². The van der Waals surface area contributed by atoms with E-state index in [-0.39, 0.29) is 0 Å². The fraction of sp³-hybridized carbons (Fsp3) is 0.500. The van der Waals surface area contributed by atoms with E-state index in [4.69, 9.17) is 9.47 Å². The molecule has 2 aliphatic rings. The lowest BCUT2D eigenvalue weighted by atomic mass is 10.0. The van der Waals surface area contributed by atoms with Crippen LogP contribution in [0.2, 0.25) is 0 Å². The number of fused-ring (bicyclic) bond motifs is 3. The van der Waals surface area contributed by atoms with Crippen molar-refractivity contribution in [1.82, 2.24) is 9.88 Å². The van der Waals surface area contributed by atoms with E-state index in [9.17, 15) is 0 Å². The minimum atomic E-state index is 0.710. The summed E-state index contributed by atoms with van der Waals surface area (Å²) in [5.74, 6) is 0.924. The Kier molecular flexibility index (Phi) is 4.30. The maximum absolute atomic E-state index is 5.97. The second kappa shape index (κ2) is 6.72. The molecule has 1 aromatic heterocycles. The first-order valence-corrected chi connectivity index (χ1v) is 8.48. The zero-order valence-corrected chi connectivity index (χ0v) is 13.4. The first-order valence-electron chi connectivity index (χ1n) is 8.48. The molecule has 0 amide bonds. The first-order chi connectivity index (χ1) is 11.4. The number of hydrogen-bond donors (Lipinski definition) is 1. The van der Waals surface area contributed by atoms with Crippen LogP contribution in [0.5, 0.6) is 5.75 Å². The number of hydrogen-bond acceptors (Lipinski definition) is 5. The fourth-order valence-corrected chi connectivity index (χ4v) is 3.31. The van der Waals surface area contributed by atoms with E-state index in [0.29, 0.717) is 6.61 Å². The smallest absolute Gasteiger partial charge is 0.120 e. The largest absolute Gasteiger partial charge is 0.492 e. The molecule has 5 nitrogen and oxygen atoms in total. The summed E-state index contributed by atoms with van der Waals surface area (Å²) < 4.78 is 11.3. The van der Waals surface area contributed by atoms with Gasteiger partial charge in [0.05, 0.1) is 18.7 Å². The minimum absolute atomic E-state index is 0.710. The molecule has 122 valence electrons. The van der Waals surface area contributed by atoms with Gasteiger partial charge in [0.1, 0.15) is 12.4 Å². The monoisotopic (exact) mass is 313 g/mol. The molecule has 3 heterocycles. The van der Waals surface area contributed by atoms with Crippen LogP contribution in [0.4, 0.5) is 5.69 Å². The molecule has 23 heavy (non-hydrogen) atoms. The minimum Gasteiger partial charge on any atom is -0.492 e. The molecule has 1 fully saturated rings. The van der Waals surface area contributed by atoms with Crippen LogP contribution in [0.15, 0.2) is 24.4 Å². The van der Waals surface area contributed by atoms with Crippen molar-refractivity contribution in [2.75, 3.05) is 51.3 Å². The average molecular weight is 313 g/mol. The predicted octanol–water partition coefficient (Wildman–Crippen LogP) is 2.30. The number of pyridine rings is 1. The molecule has 0 radical (unpaired) electrons. The highest BCUT2D eigenvalue weighted by Crippen LogP contribution is 2.31. The van der Waals surface area contributed by atoms with Crippen molar-refractivity contribution in [2.45, 2.75) is 12.8 Å². The summed E-state index contributed by atoms with van der Waals surface area (Å²) in [7, 11) is 0. The number of benzene rings is 1. The summed E-state index contributed by atoms with van der Waals surface area (Å²) >= 11 is 0. The third-order valence-electron chi connectivity index (χ3n) is 4.62. The van der Waals surface area contributed by atoms with E-state index in [1.807, 2.05) is 12.3 Å². The Morgan fingerprint density at radius 2 is 2.17 bits per heavy atom. The van der Waals surface area contributed by atoms with Gasteiger partial charge in [-0.2, -0.15) is 0 Å². The number of aryl methyl sites for hydroxylation is 1. The SMILES string of the molecule is c1cc2ncc3c(c2cc1OCCN1CCOCC1)NCCC3. The molecule has 0 unspecified atom stereocenters. The molecule has 0 aliphatic carbocycles. The molecular formula is C18H23N3O2. The maximum atomic E-state index is 5.97. The summed E-state index contributed by atoms with van der Waals surface area (Å²) in [4.78, 5) is 6.96. The molecule has 1 saturated heterocycles. The second-order valence-corrected chi connectivity index (χ2v) is 6.17. The Labute approximate surface area is 136 Å². The topological polar surface area (TPSA) is 46.6 Å². The van der Waals surface area contributed by atoms with Crippen LogP contribution in [-0.4, -0.2) is 55.9 Å². The van der Waals surface area contributed by atoms with Crippen molar-refractivity contribution < 1.29 is 9.47 Å². The van der Waals surface area contributed by atoms with Crippen molar-refractivity contribution in [3.05, 3.63) is 30.0 Å². The number of aromatic nitrogens is 1. The Bertz CT molecular complexity index is 683. The number of morpholine rings is 1. The van der Waals surface area contributed by atoms with E-state index < -0.39 is 0 Å². The van der Waals surface area contributed by atoms with Crippen molar-refractivity contribution in [3.8, 4) is 5.75 Å².